The molecule has 1 unspecified atom stereocenters. The minimum atomic E-state index is 0.463. The van der Waals surface area contributed by atoms with Crippen molar-refractivity contribution in [2.75, 3.05) is 31.6 Å². The number of aryl methyl sites for hydroxylation is 1. The van der Waals surface area contributed by atoms with E-state index in [1.807, 2.05) is 31.4 Å². The SMILES string of the molecule is CN=C(NCC(C)Cc1cccs1)NC1CCN(c2cccc(C)n2)CC1. The van der Waals surface area contributed by atoms with Crippen LogP contribution in [-0.4, -0.2) is 43.7 Å². The van der Waals surface area contributed by atoms with Crippen molar-refractivity contribution in [3.05, 3.63) is 46.3 Å². The number of anilines is 1. The number of nitrogens with one attached hydrogen (secondary N) is 2. The van der Waals surface area contributed by atoms with Crippen molar-refractivity contribution in [3.8, 4) is 0 Å². The summed E-state index contributed by atoms with van der Waals surface area (Å²) in [6.45, 7) is 7.32. The Kier molecular flexibility index (Phi) is 7.10. The molecule has 1 atom stereocenters. The number of guanidine groups is 1. The molecule has 1 fully saturated rings. The summed E-state index contributed by atoms with van der Waals surface area (Å²) in [5.41, 5.74) is 1.08. The lowest BCUT2D eigenvalue weighted by atomic mass is 10.0. The molecule has 0 amide bonds. The molecule has 5 nitrogen and oxygen atoms in total. The van der Waals surface area contributed by atoms with Gasteiger partial charge in [-0.3, -0.25) is 4.99 Å². The third-order valence-corrected chi connectivity index (χ3v) is 5.90. The van der Waals surface area contributed by atoms with Crippen LogP contribution in [0.15, 0.2) is 40.7 Å². The van der Waals surface area contributed by atoms with E-state index in [-0.39, 0.29) is 0 Å². The fourth-order valence-electron chi connectivity index (χ4n) is 3.46. The Hall–Kier alpha value is -2.08. The minimum Gasteiger partial charge on any atom is -0.356 e. The van der Waals surface area contributed by atoms with Crippen LogP contribution in [0, 0.1) is 12.8 Å². The number of hydrogen-bond acceptors (Lipinski definition) is 4. The molecular weight excluding hydrogens is 354 g/mol. The lowest BCUT2D eigenvalue weighted by Crippen LogP contribution is -2.49. The molecule has 3 heterocycles. The van der Waals surface area contributed by atoms with E-state index in [9.17, 15) is 0 Å². The summed E-state index contributed by atoms with van der Waals surface area (Å²) in [6.07, 6.45) is 3.31. The molecule has 2 aromatic rings. The first-order valence-electron chi connectivity index (χ1n) is 9.82. The van der Waals surface area contributed by atoms with Gasteiger partial charge in [0, 0.05) is 43.3 Å². The first-order valence-corrected chi connectivity index (χ1v) is 10.7. The maximum atomic E-state index is 4.65. The topological polar surface area (TPSA) is 52.6 Å². The first-order chi connectivity index (χ1) is 13.1. The largest absolute Gasteiger partial charge is 0.356 e. The first kappa shape index (κ1) is 19.7. The third kappa shape index (κ3) is 5.96. The second-order valence-electron chi connectivity index (χ2n) is 7.38. The quantitative estimate of drug-likeness (QED) is 0.591. The van der Waals surface area contributed by atoms with Gasteiger partial charge in [0.2, 0.25) is 0 Å². The van der Waals surface area contributed by atoms with E-state index in [2.05, 4.69) is 62.1 Å². The van der Waals surface area contributed by atoms with E-state index in [1.165, 1.54) is 4.88 Å². The van der Waals surface area contributed by atoms with E-state index in [1.54, 1.807) is 0 Å². The average Bonchev–Trinajstić information content (AvgIpc) is 3.18. The zero-order chi connectivity index (χ0) is 19.1. The van der Waals surface area contributed by atoms with Crippen molar-refractivity contribution in [3.63, 3.8) is 0 Å². The van der Waals surface area contributed by atoms with Crippen LogP contribution in [-0.2, 0) is 6.42 Å². The van der Waals surface area contributed by atoms with Gasteiger partial charge >= 0.3 is 0 Å². The zero-order valence-electron chi connectivity index (χ0n) is 16.6. The molecule has 2 N–H and O–H groups in total. The van der Waals surface area contributed by atoms with Crippen LogP contribution >= 0.6 is 11.3 Å². The number of hydrogen-bond donors (Lipinski definition) is 2. The van der Waals surface area contributed by atoms with Crippen molar-refractivity contribution in [1.29, 1.82) is 0 Å². The van der Waals surface area contributed by atoms with Crippen LogP contribution in [0.3, 0.4) is 0 Å². The van der Waals surface area contributed by atoms with Gasteiger partial charge in [-0.25, -0.2) is 4.98 Å². The van der Waals surface area contributed by atoms with Gasteiger partial charge < -0.3 is 15.5 Å². The Morgan fingerprint density at radius 1 is 1.30 bits per heavy atom. The summed E-state index contributed by atoms with van der Waals surface area (Å²) < 4.78 is 0. The van der Waals surface area contributed by atoms with Crippen molar-refractivity contribution in [2.24, 2.45) is 10.9 Å². The summed E-state index contributed by atoms with van der Waals surface area (Å²) in [4.78, 5) is 12.9. The molecule has 27 heavy (non-hydrogen) atoms. The molecule has 0 aliphatic carbocycles. The van der Waals surface area contributed by atoms with E-state index in [0.29, 0.717) is 12.0 Å². The smallest absolute Gasteiger partial charge is 0.191 e. The summed E-state index contributed by atoms with van der Waals surface area (Å²) in [5.74, 6) is 2.59. The molecule has 1 aliphatic rings. The number of pyridine rings is 1. The Balaban J connectivity index is 1.41. The fraction of sp³-hybridized carbons (Fsp3) is 0.524. The van der Waals surface area contributed by atoms with Crippen LogP contribution in [0.5, 0.6) is 0 Å². The van der Waals surface area contributed by atoms with Gasteiger partial charge in [-0.1, -0.05) is 19.1 Å². The lowest BCUT2D eigenvalue weighted by molar-refractivity contribution is 0.456. The predicted octanol–water partition coefficient (Wildman–Crippen LogP) is 3.46. The fourth-order valence-corrected chi connectivity index (χ4v) is 4.33. The summed E-state index contributed by atoms with van der Waals surface area (Å²) in [7, 11) is 1.85. The van der Waals surface area contributed by atoms with Crippen molar-refractivity contribution < 1.29 is 0 Å². The molecule has 1 saturated heterocycles. The molecule has 0 spiro atoms. The van der Waals surface area contributed by atoms with E-state index < -0.39 is 0 Å². The number of thiophene rings is 1. The van der Waals surface area contributed by atoms with Gasteiger partial charge in [0.1, 0.15) is 5.82 Å². The number of nitrogens with zero attached hydrogens (tertiary/aromatic N) is 3. The summed E-state index contributed by atoms with van der Waals surface area (Å²) in [5, 5.41) is 9.24. The second-order valence-corrected chi connectivity index (χ2v) is 8.42. The van der Waals surface area contributed by atoms with E-state index in [0.717, 1.165) is 56.4 Å². The molecular formula is C21H31N5S. The molecule has 0 saturated carbocycles. The molecule has 6 heteroatoms. The molecule has 146 valence electrons. The number of aliphatic imine (C=N–C) groups is 1. The molecule has 0 radical (unpaired) electrons. The van der Waals surface area contributed by atoms with Gasteiger partial charge in [-0.15, -0.1) is 11.3 Å². The minimum absolute atomic E-state index is 0.463. The number of aromatic nitrogens is 1. The van der Waals surface area contributed by atoms with Gasteiger partial charge in [-0.2, -0.15) is 0 Å². The summed E-state index contributed by atoms with van der Waals surface area (Å²) >= 11 is 1.84. The normalized spacial score (nSPS) is 17.0. The molecule has 2 aromatic heterocycles. The average molecular weight is 386 g/mol. The van der Waals surface area contributed by atoms with E-state index >= 15 is 0 Å². The maximum absolute atomic E-state index is 4.65. The van der Waals surface area contributed by atoms with E-state index in [4.69, 9.17) is 0 Å². The van der Waals surface area contributed by atoms with Gasteiger partial charge in [0.15, 0.2) is 5.96 Å². The molecule has 3 rings (SSSR count). The highest BCUT2D eigenvalue weighted by molar-refractivity contribution is 7.09. The standard InChI is InChI=1S/C21H31N5S/c1-16(14-19-7-5-13-27-19)15-23-21(22-3)25-18-9-11-26(12-10-18)20-8-4-6-17(2)24-20/h4-8,13,16,18H,9-12,14-15H2,1-3H3,(H2,22,23,25). The van der Waals surface area contributed by atoms with Crippen molar-refractivity contribution >= 4 is 23.1 Å². The Labute approximate surface area is 166 Å². The Morgan fingerprint density at radius 3 is 2.78 bits per heavy atom. The zero-order valence-corrected chi connectivity index (χ0v) is 17.4. The van der Waals surface area contributed by atoms with Crippen LogP contribution in [0.25, 0.3) is 0 Å². The van der Waals surface area contributed by atoms with Crippen molar-refractivity contribution in [2.45, 2.75) is 39.2 Å². The van der Waals surface area contributed by atoms with Gasteiger partial charge in [0.25, 0.3) is 0 Å². The second kappa shape index (κ2) is 9.74. The third-order valence-electron chi connectivity index (χ3n) is 5.00. The summed E-state index contributed by atoms with van der Waals surface area (Å²) in [6, 6.07) is 11.0. The number of piperidine rings is 1. The lowest BCUT2D eigenvalue weighted by Gasteiger charge is -2.34. The molecule has 1 aliphatic heterocycles. The van der Waals surface area contributed by atoms with Crippen LogP contribution in [0.4, 0.5) is 5.82 Å². The van der Waals surface area contributed by atoms with Gasteiger partial charge in [-0.05, 0) is 55.7 Å². The highest BCUT2D eigenvalue weighted by atomic mass is 32.1. The van der Waals surface area contributed by atoms with Crippen LogP contribution in [0.2, 0.25) is 0 Å². The maximum Gasteiger partial charge on any atom is 0.191 e. The van der Waals surface area contributed by atoms with Gasteiger partial charge in [0.05, 0.1) is 0 Å². The van der Waals surface area contributed by atoms with Crippen molar-refractivity contribution in [1.82, 2.24) is 15.6 Å². The van der Waals surface area contributed by atoms with Crippen LogP contribution in [0.1, 0.15) is 30.3 Å². The highest BCUT2D eigenvalue weighted by Crippen LogP contribution is 2.18. The molecule has 0 aromatic carbocycles. The monoisotopic (exact) mass is 385 g/mol. The predicted molar refractivity (Wildman–Crippen MR) is 116 cm³/mol. The number of rotatable bonds is 6. The highest BCUT2D eigenvalue weighted by Gasteiger charge is 2.21. The Bertz CT molecular complexity index is 720. The Morgan fingerprint density at radius 2 is 2.11 bits per heavy atom. The molecule has 0 bridgehead atoms. The van der Waals surface area contributed by atoms with Crippen LogP contribution < -0.4 is 15.5 Å².